The third kappa shape index (κ3) is 6.28. The van der Waals surface area contributed by atoms with E-state index in [0.29, 0.717) is 18.1 Å². The number of thioether (sulfide) groups is 2. The Balaban J connectivity index is 1.14. The molecule has 0 aliphatic carbocycles. The van der Waals surface area contributed by atoms with Gasteiger partial charge in [-0.15, -0.1) is 23.5 Å². The lowest BCUT2D eigenvalue weighted by Crippen LogP contribution is -2.30. The Morgan fingerprint density at radius 3 is 2.34 bits per heavy atom. The number of carboxylic acids is 1. The van der Waals surface area contributed by atoms with Crippen LogP contribution in [-0.4, -0.2) is 34.1 Å². The summed E-state index contributed by atoms with van der Waals surface area (Å²) in [5.74, 6) is 0.166. The summed E-state index contributed by atoms with van der Waals surface area (Å²) in [5.41, 5.74) is 5.31. The minimum absolute atomic E-state index is 0.00145. The summed E-state index contributed by atoms with van der Waals surface area (Å²) < 4.78 is 5.28. The normalized spacial score (nSPS) is 20.3. The molecule has 0 spiro atoms. The number of fused-ring (bicyclic) bond motifs is 1. The fourth-order valence-corrected chi connectivity index (χ4v) is 9.08. The van der Waals surface area contributed by atoms with E-state index >= 15 is 0 Å². The molecule has 198 valence electrons. The Hall–Kier alpha value is -2.74. The molecule has 7 heteroatoms. The molecule has 5 nitrogen and oxygen atoms in total. The molecule has 0 saturated carbocycles. The summed E-state index contributed by atoms with van der Waals surface area (Å²) in [7, 11) is 0. The standard InChI is InChI=1S/C31H33NO4S2/c33-29(32-26-16-15-22-21-36-28(30(34)35)20-23(22)19-26)14-8-7-13-27-17-18-37-31(38-27,24-9-3-1-4-10-24)25-11-5-2-6-12-25/h1-6,9-12,15-16,19,27-28H,7-8,13-14,17-18,20-21H2,(H,32,33)(H,34,35)/t27-,28+/m1/s1. The third-order valence-electron chi connectivity index (χ3n) is 7.18. The van der Waals surface area contributed by atoms with Crippen LogP contribution in [0.15, 0.2) is 78.9 Å². The van der Waals surface area contributed by atoms with Crippen LogP contribution in [0.3, 0.4) is 0 Å². The van der Waals surface area contributed by atoms with E-state index in [1.54, 1.807) is 0 Å². The molecule has 1 fully saturated rings. The molecule has 38 heavy (non-hydrogen) atoms. The van der Waals surface area contributed by atoms with Crippen molar-refractivity contribution < 1.29 is 19.4 Å². The van der Waals surface area contributed by atoms with Crippen molar-refractivity contribution in [1.29, 1.82) is 0 Å². The fraction of sp³-hybridized carbons (Fsp3) is 0.355. The van der Waals surface area contributed by atoms with Gasteiger partial charge in [0.1, 0.15) is 4.08 Å². The number of unbranched alkanes of at least 4 members (excludes halogenated alkanes) is 1. The predicted molar refractivity (Wildman–Crippen MR) is 156 cm³/mol. The number of aliphatic carboxylic acids is 1. The van der Waals surface area contributed by atoms with Gasteiger partial charge in [-0.3, -0.25) is 4.79 Å². The second-order valence-corrected chi connectivity index (χ2v) is 12.9. The molecule has 2 aliphatic heterocycles. The van der Waals surface area contributed by atoms with Crippen LogP contribution in [0.2, 0.25) is 0 Å². The molecule has 5 rings (SSSR count). The van der Waals surface area contributed by atoms with Gasteiger partial charge >= 0.3 is 5.97 Å². The molecule has 2 heterocycles. The molecule has 0 aromatic heterocycles. The number of hydrogen-bond acceptors (Lipinski definition) is 5. The molecule has 0 unspecified atom stereocenters. The Kier molecular flexibility index (Phi) is 8.77. The number of carbonyl (C=O) groups is 2. The van der Waals surface area contributed by atoms with Crippen LogP contribution in [0.25, 0.3) is 0 Å². The van der Waals surface area contributed by atoms with Gasteiger partial charge in [-0.25, -0.2) is 4.79 Å². The molecule has 1 amide bonds. The molecule has 2 N–H and O–H groups in total. The van der Waals surface area contributed by atoms with E-state index < -0.39 is 12.1 Å². The van der Waals surface area contributed by atoms with Crippen LogP contribution in [0.5, 0.6) is 0 Å². The van der Waals surface area contributed by atoms with E-state index in [2.05, 4.69) is 77.7 Å². The van der Waals surface area contributed by atoms with E-state index in [0.717, 1.165) is 41.8 Å². The van der Waals surface area contributed by atoms with Crippen molar-refractivity contribution >= 4 is 41.1 Å². The summed E-state index contributed by atoms with van der Waals surface area (Å²) in [6.45, 7) is 0.286. The third-order valence-corrected chi connectivity index (χ3v) is 10.7. The number of rotatable bonds is 9. The quantitative estimate of drug-likeness (QED) is 0.285. The van der Waals surface area contributed by atoms with Crippen LogP contribution < -0.4 is 5.32 Å². The second kappa shape index (κ2) is 12.4. The largest absolute Gasteiger partial charge is 0.479 e. The van der Waals surface area contributed by atoms with Crippen molar-refractivity contribution in [3.63, 3.8) is 0 Å². The van der Waals surface area contributed by atoms with Gasteiger partial charge in [0, 0.05) is 23.8 Å². The van der Waals surface area contributed by atoms with Gasteiger partial charge in [0.2, 0.25) is 5.91 Å². The number of amides is 1. The highest BCUT2D eigenvalue weighted by atomic mass is 32.2. The molecular formula is C31H33NO4S2. The van der Waals surface area contributed by atoms with E-state index in [1.807, 2.05) is 30.0 Å². The SMILES string of the molecule is O=C(CCCC[C@@H]1CCSC(c2ccccc2)(c2ccccc2)S1)Nc1ccc2c(c1)C[C@@H](C(=O)O)OC2. The number of carbonyl (C=O) groups excluding carboxylic acids is 1. The minimum atomic E-state index is -0.954. The predicted octanol–water partition coefficient (Wildman–Crippen LogP) is 6.85. The topological polar surface area (TPSA) is 75.6 Å². The minimum Gasteiger partial charge on any atom is -0.479 e. The summed E-state index contributed by atoms with van der Waals surface area (Å²) >= 11 is 4.11. The summed E-state index contributed by atoms with van der Waals surface area (Å²) in [6.07, 6.45) is 4.10. The molecule has 2 atom stereocenters. The lowest BCUT2D eigenvalue weighted by molar-refractivity contribution is -0.152. The zero-order chi connectivity index (χ0) is 26.4. The number of anilines is 1. The summed E-state index contributed by atoms with van der Waals surface area (Å²) in [4.78, 5) is 23.9. The Morgan fingerprint density at radius 2 is 1.66 bits per heavy atom. The average Bonchev–Trinajstić information content (AvgIpc) is 2.96. The highest BCUT2D eigenvalue weighted by Gasteiger charge is 2.40. The van der Waals surface area contributed by atoms with E-state index in [4.69, 9.17) is 4.74 Å². The maximum atomic E-state index is 12.6. The number of nitrogens with one attached hydrogen (secondary N) is 1. The van der Waals surface area contributed by atoms with Gasteiger partial charge in [-0.1, -0.05) is 73.2 Å². The lowest BCUT2D eigenvalue weighted by atomic mass is 9.98. The van der Waals surface area contributed by atoms with Gasteiger partial charge in [-0.05, 0) is 59.4 Å². The molecular weight excluding hydrogens is 514 g/mol. The van der Waals surface area contributed by atoms with Gasteiger partial charge in [0.25, 0.3) is 0 Å². The number of carboxylic acid groups (broad SMARTS) is 1. The monoisotopic (exact) mass is 547 g/mol. The van der Waals surface area contributed by atoms with Crippen LogP contribution in [0.4, 0.5) is 5.69 Å². The Bertz CT molecular complexity index is 1210. The van der Waals surface area contributed by atoms with Crippen molar-refractivity contribution in [1.82, 2.24) is 0 Å². The summed E-state index contributed by atoms with van der Waals surface area (Å²) in [5, 5.41) is 12.8. The number of hydrogen-bond donors (Lipinski definition) is 2. The first-order chi connectivity index (χ1) is 18.5. The zero-order valence-electron chi connectivity index (χ0n) is 21.3. The molecule has 0 bridgehead atoms. The molecule has 2 aliphatic rings. The maximum Gasteiger partial charge on any atom is 0.333 e. The van der Waals surface area contributed by atoms with Gasteiger partial charge in [-0.2, -0.15) is 0 Å². The molecule has 1 saturated heterocycles. The van der Waals surface area contributed by atoms with Crippen LogP contribution >= 0.6 is 23.5 Å². The fourth-order valence-electron chi connectivity index (χ4n) is 5.17. The zero-order valence-corrected chi connectivity index (χ0v) is 22.9. The smallest absolute Gasteiger partial charge is 0.333 e. The maximum absolute atomic E-state index is 12.6. The van der Waals surface area contributed by atoms with E-state index in [-0.39, 0.29) is 16.6 Å². The first kappa shape index (κ1) is 26.9. The Labute approximate surface area is 232 Å². The van der Waals surface area contributed by atoms with E-state index in [1.165, 1.54) is 17.5 Å². The number of ether oxygens (including phenoxy) is 1. The van der Waals surface area contributed by atoms with Crippen LogP contribution in [-0.2, 0) is 31.4 Å². The first-order valence-electron chi connectivity index (χ1n) is 13.2. The Morgan fingerprint density at radius 1 is 0.947 bits per heavy atom. The van der Waals surface area contributed by atoms with Gasteiger partial charge in [0.15, 0.2) is 6.10 Å². The molecule has 3 aromatic rings. The van der Waals surface area contributed by atoms with Crippen molar-refractivity contribution in [2.45, 2.75) is 60.6 Å². The van der Waals surface area contributed by atoms with Crippen molar-refractivity contribution in [2.75, 3.05) is 11.1 Å². The summed E-state index contributed by atoms with van der Waals surface area (Å²) in [6, 6.07) is 27.3. The number of benzene rings is 3. The van der Waals surface area contributed by atoms with Crippen molar-refractivity contribution in [2.24, 2.45) is 0 Å². The van der Waals surface area contributed by atoms with Crippen LogP contribution in [0, 0.1) is 0 Å². The van der Waals surface area contributed by atoms with Crippen LogP contribution in [0.1, 0.15) is 54.4 Å². The van der Waals surface area contributed by atoms with Gasteiger partial charge < -0.3 is 15.2 Å². The van der Waals surface area contributed by atoms with Crippen molar-refractivity contribution in [3.05, 3.63) is 101 Å². The lowest BCUT2D eigenvalue weighted by Gasteiger charge is -2.41. The molecule has 3 aromatic carbocycles. The second-order valence-electron chi connectivity index (χ2n) is 9.85. The highest BCUT2D eigenvalue weighted by molar-refractivity contribution is 8.18. The highest BCUT2D eigenvalue weighted by Crippen LogP contribution is 2.57. The van der Waals surface area contributed by atoms with Gasteiger partial charge in [0.05, 0.1) is 6.61 Å². The average molecular weight is 548 g/mol. The van der Waals surface area contributed by atoms with E-state index in [9.17, 15) is 14.7 Å². The molecule has 0 radical (unpaired) electrons. The van der Waals surface area contributed by atoms with Crippen molar-refractivity contribution in [3.8, 4) is 0 Å². The first-order valence-corrected chi connectivity index (χ1v) is 15.1.